The van der Waals surface area contributed by atoms with E-state index in [1.807, 2.05) is 6.07 Å². The van der Waals surface area contributed by atoms with Gasteiger partial charge in [0.1, 0.15) is 18.2 Å². The van der Waals surface area contributed by atoms with Gasteiger partial charge >= 0.3 is 5.97 Å². The van der Waals surface area contributed by atoms with Gasteiger partial charge in [-0.1, -0.05) is 60.7 Å². The molecule has 26 heavy (non-hydrogen) atoms. The van der Waals surface area contributed by atoms with Crippen molar-refractivity contribution in [2.75, 3.05) is 13.2 Å². The molecule has 0 aliphatic carbocycles. The number of ether oxygens (including phenoxy) is 1. The van der Waals surface area contributed by atoms with E-state index >= 15 is 0 Å². The number of ketones is 1. The Labute approximate surface area is 150 Å². The monoisotopic (exact) mass is 351 g/mol. The molecular weight excluding hydrogens is 334 g/mol. The number of nitriles is 1. The lowest BCUT2D eigenvalue weighted by atomic mass is 9.93. The molecule has 2 aromatic carbocycles. The van der Waals surface area contributed by atoms with Crippen LogP contribution in [-0.2, 0) is 14.3 Å². The second kappa shape index (κ2) is 9.28. The maximum Gasteiger partial charge on any atom is 0.350 e. The maximum absolute atomic E-state index is 12.5. The van der Waals surface area contributed by atoms with Crippen LogP contribution in [0, 0.1) is 11.3 Å². The van der Waals surface area contributed by atoms with E-state index in [2.05, 4.69) is 0 Å². The molecule has 2 N–H and O–H groups in total. The molecule has 0 heterocycles. The maximum atomic E-state index is 12.5. The normalized spacial score (nSPS) is 11.1. The summed E-state index contributed by atoms with van der Waals surface area (Å²) in [7, 11) is 0. The Balaban J connectivity index is 2.54. The summed E-state index contributed by atoms with van der Waals surface area (Å²) < 4.78 is 4.95. The molecule has 0 fully saturated rings. The number of aliphatic hydroxyl groups is 2. The fraction of sp³-hybridized carbons (Fsp3) is 0.150. The van der Waals surface area contributed by atoms with Crippen molar-refractivity contribution in [2.24, 2.45) is 0 Å². The van der Waals surface area contributed by atoms with E-state index in [9.17, 15) is 20.0 Å². The first-order valence-electron chi connectivity index (χ1n) is 7.83. The number of nitrogens with zero attached hydrogens (tertiary/aromatic N) is 1. The minimum Gasteiger partial charge on any atom is -0.448 e. The molecule has 0 radical (unpaired) electrons. The summed E-state index contributed by atoms with van der Waals surface area (Å²) in [5, 5.41) is 27.6. The van der Waals surface area contributed by atoms with Gasteiger partial charge in [0.05, 0.1) is 6.61 Å². The van der Waals surface area contributed by atoms with Gasteiger partial charge in [0.2, 0.25) is 5.78 Å². The summed E-state index contributed by atoms with van der Waals surface area (Å²) in [5.74, 6) is -1.89. The summed E-state index contributed by atoms with van der Waals surface area (Å²) >= 11 is 0. The topological polar surface area (TPSA) is 108 Å². The van der Waals surface area contributed by atoms with E-state index in [1.54, 1.807) is 60.7 Å². The Morgan fingerprint density at radius 3 is 1.85 bits per heavy atom. The van der Waals surface area contributed by atoms with Crippen molar-refractivity contribution < 1.29 is 24.5 Å². The first-order chi connectivity index (χ1) is 12.6. The van der Waals surface area contributed by atoms with Crippen molar-refractivity contribution in [3.63, 3.8) is 0 Å². The number of benzene rings is 2. The number of esters is 1. The average Bonchev–Trinajstić information content (AvgIpc) is 2.70. The third kappa shape index (κ3) is 4.42. The zero-order valence-corrected chi connectivity index (χ0v) is 13.8. The Kier molecular flexibility index (Phi) is 6.80. The average molecular weight is 351 g/mol. The van der Waals surface area contributed by atoms with Crippen LogP contribution in [0.15, 0.2) is 66.2 Å². The SMILES string of the molecule is N#CC(C(=O)OC(CO)C(=O)CO)=C(c1ccccc1)c1ccccc1. The van der Waals surface area contributed by atoms with Gasteiger partial charge in [-0.05, 0) is 11.1 Å². The van der Waals surface area contributed by atoms with Crippen molar-refractivity contribution in [2.45, 2.75) is 6.10 Å². The number of hydrogen-bond acceptors (Lipinski definition) is 6. The summed E-state index contributed by atoms with van der Waals surface area (Å²) in [4.78, 5) is 24.0. The van der Waals surface area contributed by atoms with Crippen molar-refractivity contribution >= 4 is 17.3 Å². The van der Waals surface area contributed by atoms with Crippen LogP contribution in [0.25, 0.3) is 5.57 Å². The Morgan fingerprint density at radius 1 is 0.962 bits per heavy atom. The fourth-order valence-corrected chi connectivity index (χ4v) is 2.36. The minimum absolute atomic E-state index is 0.299. The summed E-state index contributed by atoms with van der Waals surface area (Å²) in [6.07, 6.45) is -1.52. The predicted octanol–water partition coefficient (Wildman–Crippen LogP) is 1.48. The predicted molar refractivity (Wildman–Crippen MR) is 93.6 cm³/mol. The first kappa shape index (κ1) is 19.1. The molecule has 0 amide bonds. The van der Waals surface area contributed by atoms with E-state index in [-0.39, 0.29) is 5.57 Å². The standard InChI is InChI=1S/C20H17NO5/c21-11-16(20(25)26-18(13-23)17(24)12-22)19(14-7-3-1-4-8-14)15-9-5-2-6-10-15/h1-10,18,22-23H,12-13H2. The molecule has 2 rings (SSSR count). The number of Topliss-reactive ketones (excluding diaryl/α,β-unsaturated/α-hetero) is 1. The van der Waals surface area contributed by atoms with Crippen LogP contribution < -0.4 is 0 Å². The Morgan fingerprint density at radius 2 is 1.46 bits per heavy atom. The molecule has 0 saturated heterocycles. The quantitative estimate of drug-likeness (QED) is 0.444. The van der Waals surface area contributed by atoms with Crippen LogP contribution in [0.5, 0.6) is 0 Å². The van der Waals surface area contributed by atoms with Gasteiger partial charge in [0, 0.05) is 5.57 Å². The van der Waals surface area contributed by atoms with Crippen LogP contribution in [-0.4, -0.2) is 41.3 Å². The molecular formula is C20H17NO5. The highest BCUT2D eigenvalue weighted by molar-refractivity contribution is 6.06. The molecule has 0 bridgehead atoms. The smallest absolute Gasteiger partial charge is 0.350 e. The first-order valence-corrected chi connectivity index (χ1v) is 7.83. The lowest BCUT2D eigenvalue weighted by Gasteiger charge is -2.15. The molecule has 132 valence electrons. The Bertz CT molecular complexity index is 796. The van der Waals surface area contributed by atoms with Crippen LogP contribution in [0.2, 0.25) is 0 Å². The number of carbonyl (C=O) groups excluding carboxylic acids is 2. The van der Waals surface area contributed by atoms with Gasteiger partial charge in [0.25, 0.3) is 0 Å². The molecule has 6 nitrogen and oxygen atoms in total. The van der Waals surface area contributed by atoms with E-state index < -0.39 is 31.1 Å². The van der Waals surface area contributed by atoms with Gasteiger partial charge in [-0.2, -0.15) is 5.26 Å². The zero-order valence-electron chi connectivity index (χ0n) is 13.8. The van der Waals surface area contributed by atoms with E-state index in [1.165, 1.54) is 0 Å². The number of hydrogen-bond donors (Lipinski definition) is 2. The zero-order chi connectivity index (χ0) is 18.9. The number of rotatable bonds is 7. The van der Waals surface area contributed by atoms with Crippen molar-refractivity contribution in [1.29, 1.82) is 5.26 Å². The molecule has 1 unspecified atom stereocenters. The highest BCUT2D eigenvalue weighted by Gasteiger charge is 2.26. The van der Waals surface area contributed by atoms with Gasteiger partial charge < -0.3 is 14.9 Å². The van der Waals surface area contributed by atoms with Crippen LogP contribution in [0.3, 0.4) is 0 Å². The summed E-state index contributed by atoms with van der Waals surface area (Å²) in [6.45, 7) is -1.66. The van der Waals surface area contributed by atoms with Crippen LogP contribution in [0.1, 0.15) is 11.1 Å². The van der Waals surface area contributed by atoms with Crippen molar-refractivity contribution in [3.8, 4) is 6.07 Å². The largest absolute Gasteiger partial charge is 0.448 e. The second-order valence-electron chi connectivity index (χ2n) is 5.29. The van der Waals surface area contributed by atoms with E-state index in [4.69, 9.17) is 9.84 Å². The molecule has 0 spiro atoms. The lowest BCUT2D eigenvalue weighted by Crippen LogP contribution is -2.33. The number of carbonyl (C=O) groups is 2. The second-order valence-corrected chi connectivity index (χ2v) is 5.29. The van der Waals surface area contributed by atoms with E-state index in [0.717, 1.165) is 0 Å². The van der Waals surface area contributed by atoms with Gasteiger partial charge in [-0.15, -0.1) is 0 Å². The third-order valence-electron chi connectivity index (χ3n) is 3.62. The van der Waals surface area contributed by atoms with Gasteiger partial charge in [0.15, 0.2) is 6.10 Å². The molecule has 0 aliphatic rings. The molecule has 1 atom stereocenters. The van der Waals surface area contributed by atoms with Gasteiger partial charge in [-0.25, -0.2) is 4.79 Å². The highest BCUT2D eigenvalue weighted by Crippen LogP contribution is 2.27. The molecule has 0 aliphatic heterocycles. The molecule has 2 aromatic rings. The van der Waals surface area contributed by atoms with Crippen LogP contribution >= 0.6 is 0 Å². The third-order valence-corrected chi connectivity index (χ3v) is 3.62. The molecule has 6 heteroatoms. The lowest BCUT2D eigenvalue weighted by molar-refractivity contribution is -0.154. The minimum atomic E-state index is -1.52. The summed E-state index contributed by atoms with van der Waals surface area (Å²) in [5.41, 5.74) is 1.31. The van der Waals surface area contributed by atoms with Crippen molar-refractivity contribution in [1.82, 2.24) is 0 Å². The summed E-state index contributed by atoms with van der Waals surface area (Å²) in [6, 6.07) is 19.5. The highest BCUT2D eigenvalue weighted by atomic mass is 16.6. The fourth-order valence-electron chi connectivity index (χ4n) is 2.36. The van der Waals surface area contributed by atoms with Crippen LogP contribution in [0.4, 0.5) is 0 Å². The molecule has 0 aromatic heterocycles. The van der Waals surface area contributed by atoms with Crippen molar-refractivity contribution in [3.05, 3.63) is 77.4 Å². The Hall–Kier alpha value is -3.27. The molecule has 0 saturated carbocycles. The van der Waals surface area contributed by atoms with E-state index in [0.29, 0.717) is 16.7 Å². The van der Waals surface area contributed by atoms with Gasteiger partial charge in [-0.3, -0.25) is 4.79 Å². The number of aliphatic hydroxyl groups excluding tert-OH is 2.